The molecule has 4 heteroatoms. The van der Waals surface area contributed by atoms with Gasteiger partial charge in [0.15, 0.2) is 0 Å². The van der Waals surface area contributed by atoms with E-state index in [1.807, 2.05) is 48.5 Å². The summed E-state index contributed by atoms with van der Waals surface area (Å²) in [4.78, 5) is 8.93. The molecule has 3 aromatic carbocycles. The van der Waals surface area contributed by atoms with Gasteiger partial charge in [0.05, 0.1) is 0 Å². The van der Waals surface area contributed by atoms with Crippen LogP contribution < -0.4 is 9.80 Å². The minimum Gasteiger partial charge on any atom is -0.501 e. The molecule has 0 spiro atoms. The molecule has 2 aliphatic heterocycles. The summed E-state index contributed by atoms with van der Waals surface area (Å²) >= 11 is 0. The van der Waals surface area contributed by atoms with E-state index in [0.717, 1.165) is 17.8 Å². The Morgan fingerprint density at radius 1 is 0.886 bits per heavy atom. The van der Waals surface area contributed by atoms with Crippen LogP contribution in [0.5, 0.6) is 0 Å². The number of para-hydroxylation sites is 2. The van der Waals surface area contributed by atoms with Crippen molar-refractivity contribution in [2.75, 3.05) is 16.3 Å². The molecule has 0 bridgehead atoms. The van der Waals surface area contributed by atoms with Crippen molar-refractivity contribution in [3.05, 3.63) is 115 Å². The van der Waals surface area contributed by atoms with Crippen LogP contribution in [0, 0.1) is 24.7 Å². The topological polar surface area (TPSA) is 19.4 Å². The molecule has 178 valence electrons. The van der Waals surface area contributed by atoms with Crippen molar-refractivity contribution < 1.29 is 20.1 Å². The maximum Gasteiger partial charge on any atom is 3.00 e. The van der Waals surface area contributed by atoms with Gasteiger partial charge in [-0.05, 0) is 41.3 Å². The van der Waals surface area contributed by atoms with Gasteiger partial charge in [0, 0.05) is 17.6 Å². The SMILES string of the molecule is CC(C)CN1[CH-]N2c3[c-]cccc3C(C)(C)c3cccc1c32.[Ir+3].[c-]1ccccc1-c1ccccn1. The molecule has 0 fully saturated rings. The molecule has 0 radical (unpaired) electrons. The third-order valence-electron chi connectivity index (χ3n) is 6.45. The molecule has 0 aliphatic carbocycles. The second kappa shape index (κ2) is 10.4. The van der Waals surface area contributed by atoms with E-state index in [1.54, 1.807) is 6.20 Å². The summed E-state index contributed by atoms with van der Waals surface area (Å²) < 4.78 is 0. The largest absolute Gasteiger partial charge is 3.00 e. The van der Waals surface area contributed by atoms with Crippen molar-refractivity contribution in [3.63, 3.8) is 0 Å². The van der Waals surface area contributed by atoms with E-state index in [1.165, 1.54) is 28.2 Å². The fraction of sp³-hybridized carbons (Fsp3) is 0.226. The van der Waals surface area contributed by atoms with Crippen LogP contribution in [0.1, 0.15) is 38.8 Å². The minimum atomic E-state index is 0. The van der Waals surface area contributed by atoms with Gasteiger partial charge in [-0.2, -0.15) is 30.9 Å². The number of nitrogens with zero attached hydrogens (tertiary/aromatic N) is 3. The third kappa shape index (κ3) is 4.78. The summed E-state index contributed by atoms with van der Waals surface area (Å²) in [5, 5.41) is 0. The van der Waals surface area contributed by atoms with Crippen molar-refractivity contribution in [1.82, 2.24) is 4.98 Å². The number of pyridine rings is 1. The zero-order valence-electron chi connectivity index (χ0n) is 20.6. The Kier molecular flexibility index (Phi) is 7.44. The van der Waals surface area contributed by atoms with Gasteiger partial charge in [0.25, 0.3) is 0 Å². The van der Waals surface area contributed by atoms with Crippen molar-refractivity contribution in [1.29, 1.82) is 0 Å². The zero-order valence-corrected chi connectivity index (χ0v) is 23.0. The van der Waals surface area contributed by atoms with Crippen LogP contribution in [0.15, 0.2) is 85.1 Å². The number of rotatable bonds is 3. The van der Waals surface area contributed by atoms with E-state index in [2.05, 4.69) is 91.6 Å². The maximum absolute atomic E-state index is 4.22. The molecule has 1 aromatic heterocycles. The molecule has 4 aromatic rings. The van der Waals surface area contributed by atoms with E-state index in [9.17, 15) is 0 Å². The van der Waals surface area contributed by atoms with E-state index >= 15 is 0 Å². The smallest absolute Gasteiger partial charge is 0.501 e. The minimum absolute atomic E-state index is 0. The second-order valence-corrected chi connectivity index (χ2v) is 9.75. The molecule has 0 saturated heterocycles. The monoisotopic (exact) mass is 637 g/mol. The van der Waals surface area contributed by atoms with Crippen molar-refractivity contribution >= 4 is 17.1 Å². The molecule has 3 heterocycles. The first-order valence-electron chi connectivity index (χ1n) is 11.9. The Morgan fingerprint density at radius 2 is 1.66 bits per heavy atom. The van der Waals surface area contributed by atoms with Crippen LogP contribution in [-0.4, -0.2) is 11.5 Å². The average molecular weight is 637 g/mol. The molecular weight excluding hydrogens is 607 g/mol. The van der Waals surface area contributed by atoms with E-state index in [-0.39, 0.29) is 25.5 Å². The van der Waals surface area contributed by atoms with Gasteiger partial charge < -0.3 is 14.8 Å². The van der Waals surface area contributed by atoms with E-state index in [4.69, 9.17) is 0 Å². The molecule has 0 N–H and O–H groups in total. The molecule has 0 unspecified atom stereocenters. The first-order valence-corrected chi connectivity index (χ1v) is 11.9. The summed E-state index contributed by atoms with van der Waals surface area (Å²) in [5.41, 5.74) is 8.62. The molecule has 35 heavy (non-hydrogen) atoms. The molecular formula is C31H30IrN3. The van der Waals surface area contributed by atoms with Gasteiger partial charge in [-0.1, -0.05) is 52.0 Å². The van der Waals surface area contributed by atoms with Gasteiger partial charge in [-0.15, -0.1) is 47.1 Å². The Balaban J connectivity index is 0.000000189. The summed E-state index contributed by atoms with van der Waals surface area (Å²) in [7, 11) is 0. The van der Waals surface area contributed by atoms with Crippen LogP contribution in [0.3, 0.4) is 0 Å². The molecule has 2 aliphatic rings. The van der Waals surface area contributed by atoms with Crippen molar-refractivity contribution in [2.45, 2.75) is 33.1 Å². The van der Waals surface area contributed by atoms with Gasteiger partial charge in [-0.25, -0.2) is 0 Å². The summed E-state index contributed by atoms with van der Waals surface area (Å²) in [6.07, 6.45) is 1.79. The first-order chi connectivity index (χ1) is 16.5. The fourth-order valence-corrected chi connectivity index (χ4v) is 4.84. The van der Waals surface area contributed by atoms with E-state index < -0.39 is 0 Å². The van der Waals surface area contributed by atoms with Crippen molar-refractivity contribution in [2.24, 2.45) is 5.92 Å². The van der Waals surface area contributed by atoms with E-state index in [0.29, 0.717) is 5.92 Å². The zero-order chi connectivity index (χ0) is 23.7. The average Bonchev–Trinajstić information content (AvgIpc) is 3.23. The molecule has 0 atom stereocenters. The summed E-state index contributed by atoms with van der Waals surface area (Å²) in [5.74, 6) is 0.626. The van der Waals surface area contributed by atoms with Crippen LogP contribution in [-0.2, 0) is 25.5 Å². The number of benzene rings is 3. The molecule has 3 nitrogen and oxygen atoms in total. The summed E-state index contributed by atoms with van der Waals surface area (Å²) in [6, 6.07) is 33.3. The van der Waals surface area contributed by atoms with Gasteiger partial charge in [-0.3, -0.25) is 0 Å². The van der Waals surface area contributed by atoms with Crippen LogP contribution in [0.25, 0.3) is 11.3 Å². The van der Waals surface area contributed by atoms with Crippen molar-refractivity contribution in [3.8, 4) is 11.3 Å². The second-order valence-electron chi connectivity index (χ2n) is 9.75. The van der Waals surface area contributed by atoms with Crippen LogP contribution in [0.4, 0.5) is 17.1 Å². The fourth-order valence-electron chi connectivity index (χ4n) is 4.84. The molecule has 6 rings (SSSR count). The maximum atomic E-state index is 4.22. The predicted octanol–water partition coefficient (Wildman–Crippen LogP) is 7.41. The van der Waals surface area contributed by atoms with Gasteiger partial charge in [0.2, 0.25) is 0 Å². The van der Waals surface area contributed by atoms with Crippen LogP contribution in [0.2, 0.25) is 0 Å². The van der Waals surface area contributed by atoms with Crippen LogP contribution >= 0.6 is 0 Å². The third-order valence-corrected chi connectivity index (χ3v) is 6.45. The van der Waals surface area contributed by atoms with Gasteiger partial charge in [0.1, 0.15) is 0 Å². The number of hydrogen-bond acceptors (Lipinski definition) is 3. The number of aromatic nitrogens is 1. The number of anilines is 3. The quantitative estimate of drug-likeness (QED) is 0.219. The number of fused-ring (bicyclic) bond motifs is 2. The Bertz CT molecular complexity index is 1230. The Morgan fingerprint density at radius 3 is 2.37 bits per heavy atom. The van der Waals surface area contributed by atoms with Gasteiger partial charge >= 0.3 is 20.1 Å². The summed E-state index contributed by atoms with van der Waals surface area (Å²) in [6.45, 7) is 12.5. The Labute approximate surface area is 223 Å². The Hall–Kier alpha value is -2.94. The number of hydrogen-bond donors (Lipinski definition) is 0. The molecule has 0 saturated carbocycles. The molecule has 0 amide bonds. The predicted molar refractivity (Wildman–Crippen MR) is 141 cm³/mol. The first kappa shape index (κ1) is 25.2. The normalized spacial score (nSPS) is 14.4. The standard InChI is InChI=1S/C20H22N2.C11H8N.Ir/c1-14(2)12-21-13-22-17-10-6-5-8-15(17)20(3,4)16-9-7-11-18(21)19(16)22;1-2-6-10(7-3-1)11-8-4-5-9-12-11;/h5-9,11,13-14H,12H2,1-4H3;1-6,8-9H;/q-2;-1;+3.